The largest absolute Gasteiger partial charge is 0.507 e. The molecule has 0 saturated heterocycles. The number of nitrogens with zero attached hydrogens (tertiary/aromatic N) is 1. The highest BCUT2D eigenvalue weighted by Crippen LogP contribution is 2.31. The van der Waals surface area contributed by atoms with Gasteiger partial charge in [-0.25, -0.2) is 0 Å². The van der Waals surface area contributed by atoms with Crippen molar-refractivity contribution in [1.29, 1.82) is 0 Å². The molecule has 1 N–H and O–H groups in total. The molecule has 3 aliphatic rings. The van der Waals surface area contributed by atoms with Gasteiger partial charge in [0.25, 0.3) is 0 Å². The first kappa shape index (κ1) is 8.36. The van der Waals surface area contributed by atoms with E-state index in [1.54, 1.807) is 6.08 Å². The van der Waals surface area contributed by atoms with Crippen LogP contribution in [0.1, 0.15) is 0 Å². The highest BCUT2D eigenvalue weighted by Gasteiger charge is 2.26. The normalized spacial score (nSPS) is 26.5. The van der Waals surface area contributed by atoms with Crippen LogP contribution in [-0.2, 0) is 0 Å². The molecule has 1 aliphatic carbocycles. The van der Waals surface area contributed by atoms with E-state index < -0.39 is 0 Å². The third-order valence-corrected chi connectivity index (χ3v) is 2.80. The molecular weight excluding hydrogens is 186 g/mol. The van der Waals surface area contributed by atoms with Crippen LogP contribution in [-0.4, -0.2) is 16.0 Å². The lowest BCUT2D eigenvalue weighted by molar-refractivity contribution is 0.371. The molecule has 2 nitrogen and oxygen atoms in total. The van der Waals surface area contributed by atoms with Gasteiger partial charge in [0.15, 0.2) is 0 Å². The van der Waals surface area contributed by atoms with Crippen molar-refractivity contribution in [1.82, 2.24) is 4.90 Å². The zero-order valence-electron chi connectivity index (χ0n) is 8.17. The molecule has 3 rings (SSSR count). The van der Waals surface area contributed by atoms with Gasteiger partial charge in [0.2, 0.25) is 0 Å². The van der Waals surface area contributed by atoms with Crippen LogP contribution in [0.3, 0.4) is 0 Å². The number of hydrogen-bond acceptors (Lipinski definition) is 2. The van der Waals surface area contributed by atoms with Crippen molar-refractivity contribution in [3.63, 3.8) is 0 Å². The minimum atomic E-state index is 0.135. The Bertz CT molecular complexity index is 475. The summed E-state index contributed by atoms with van der Waals surface area (Å²) in [7, 11) is 0. The van der Waals surface area contributed by atoms with Crippen molar-refractivity contribution in [3.8, 4) is 0 Å². The molecule has 0 radical (unpaired) electrons. The smallest absolute Gasteiger partial charge is 0.123 e. The molecule has 2 heterocycles. The fourth-order valence-corrected chi connectivity index (χ4v) is 2.08. The van der Waals surface area contributed by atoms with Gasteiger partial charge >= 0.3 is 0 Å². The standard InChI is InChI=1S/C13H11NO/c15-13-9-10-5-3-4-8-14(10)12-7-2-1-6-11(12)13/h1-9,12,15H. The van der Waals surface area contributed by atoms with Gasteiger partial charge < -0.3 is 10.0 Å². The minimum Gasteiger partial charge on any atom is -0.507 e. The maximum absolute atomic E-state index is 9.88. The van der Waals surface area contributed by atoms with Crippen LogP contribution in [0.25, 0.3) is 0 Å². The van der Waals surface area contributed by atoms with Crippen LogP contribution < -0.4 is 0 Å². The lowest BCUT2D eigenvalue weighted by atomic mass is 9.94. The second kappa shape index (κ2) is 3.02. The summed E-state index contributed by atoms with van der Waals surface area (Å²) in [6, 6.07) is 0.135. The summed E-state index contributed by atoms with van der Waals surface area (Å²) in [4.78, 5) is 2.15. The Balaban J connectivity index is 2.14. The summed E-state index contributed by atoms with van der Waals surface area (Å²) in [6.45, 7) is 0. The number of allylic oxidation sites excluding steroid dienone is 6. The second-order valence-corrected chi connectivity index (χ2v) is 3.71. The molecule has 15 heavy (non-hydrogen) atoms. The van der Waals surface area contributed by atoms with E-state index in [-0.39, 0.29) is 6.04 Å². The van der Waals surface area contributed by atoms with E-state index in [0.717, 1.165) is 11.3 Å². The van der Waals surface area contributed by atoms with E-state index in [9.17, 15) is 5.11 Å². The summed E-state index contributed by atoms with van der Waals surface area (Å²) in [5.41, 5.74) is 1.99. The number of hydrogen-bond donors (Lipinski definition) is 1. The van der Waals surface area contributed by atoms with Crippen LogP contribution in [0.2, 0.25) is 0 Å². The van der Waals surface area contributed by atoms with Gasteiger partial charge in [0.05, 0.1) is 6.04 Å². The zero-order chi connectivity index (χ0) is 10.3. The van der Waals surface area contributed by atoms with Gasteiger partial charge in [-0.15, -0.1) is 0 Å². The summed E-state index contributed by atoms with van der Waals surface area (Å²) < 4.78 is 0. The van der Waals surface area contributed by atoms with E-state index in [4.69, 9.17) is 0 Å². The molecule has 0 bridgehead atoms. The van der Waals surface area contributed by atoms with Crippen LogP contribution in [0, 0.1) is 0 Å². The lowest BCUT2D eigenvalue weighted by Gasteiger charge is -2.35. The molecule has 2 aliphatic heterocycles. The van der Waals surface area contributed by atoms with Gasteiger partial charge in [-0.05, 0) is 12.2 Å². The lowest BCUT2D eigenvalue weighted by Crippen LogP contribution is -2.34. The number of aliphatic hydroxyl groups is 1. The molecule has 0 spiro atoms. The first-order chi connectivity index (χ1) is 7.36. The average molecular weight is 197 g/mol. The molecule has 1 atom stereocenters. The maximum Gasteiger partial charge on any atom is 0.123 e. The molecule has 0 amide bonds. The number of aliphatic hydroxyl groups excluding tert-OH is 1. The Morgan fingerprint density at radius 3 is 2.87 bits per heavy atom. The highest BCUT2D eigenvalue weighted by molar-refractivity contribution is 5.49. The molecule has 0 aromatic rings. The Morgan fingerprint density at radius 2 is 1.93 bits per heavy atom. The van der Waals surface area contributed by atoms with Crippen molar-refractivity contribution in [2.24, 2.45) is 0 Å². The fraction of sp³-hybridized carbons (Fsp3) is 0.0769. The predicted octanol–water partition coefficient (Wildman–Crippen LogP) is 2.58. The van der Waals surface area contributed by atoms with Gasteiger partial charge in [0.1, 0.15) is 5.76 Å². The topological polar surface area (TPSA) is 23.5 Å². The van der Waals surface area contributed by atoms with Crippen molar-refractivity contribution in [3.05, 3.63) is 71.8 Å². The van der Waals surface area contributed by atoms with E-state index in [1.165, 1.54) is 0 Å². The van der Waals surface area contributed by atoms with Gasteiger partial charge in [-0.2, -0.15) is 0 Å². The number of rotatable bonds is 0. The summed E-state index contributed by atoms with van der Waals surface area (Å²) in [5, 5.41) is 9.88. The Morgan fingerprint density at radius 1 is 1.07 bits per heavy atom. The predicted molar refractivity (Wildman–Crippen MR) is 59.9 cm³/mol. The van der Waals surface area contributed by atoms with Crippen LogP contribution >= 0.6 is 0 Å². The second-order valence-electron chi connectivity index (χ2n) is 3.71. The van der Waals surface area contributed by atoms with Gasteiger partial charge in [0, 0.05) is 23.5 Å². The third-order valence-electron chi connectivity index (χ3n) is 2.80. The first-order valence-corrected chi connectivity index (χ1v) is 4.99. The van der Waals surface area contributed by atoms with E-state index in [0.29, 0.717) is 5.76 Å². The molecule has 0 aromatic heterocycles. The van der Waals surface area contributed by atoms with E-state index in [2.05, 4.69) is 11.0 Å². The maximum atomic E-state index is 9.88. The van der Waals surface area contributed by atoms with Crippen molar-refractivity contribution in [2.45, 2.75) is 6.04 Å². The molecule has 0 fully saturated rings. The van der Waals surface area contributed by atoms with Gasteiger partial charge in [-0.3, -0.25) is 0 Å². The highest BCUT2D eigenvalue weighted by atomic mass is 16.3. The zero-order valence-corrected chi connectivity index (χ0v) is 8.17. The molecule has 0 aromatic carbocycles. The van der Waals surface area contributed by atoms with Crippen LogP contribution in [0.15, 0.2) is 71.8 Å². The molecule has 1 unspecified atom stereocenters. The Kier molecular flexibility index (Phi) is 1.68. The summed E-state index contributed by atoms with van der Waals surface area (Å²) in [5.74, 6) is 0.367. The van der Waals surface area contributed by atoms with E-state index >= 15 is 0 Å². The summed E-state index contributed by atoms with van der Waals surface area (Å²) in [6.07, 6.45) is 17.8. The van der Waals surface area contributed by atoms with Gasteiger partial charge in [-0.1, -0.05) is 30.4 Å². The average Bonchev–Trinajstić information content (AvgIpc) is 2.30. The third kappa shape index (κ3) is 1.18. The molecule has 2 heteroatoms. The SMILES string of the molecule is OC1=C2C=CC=CC2N2C=CC=CC2=C1. The fourth-order valence-electron chi connectivity index (χ4n) is 2.08. The Hall–Kier alpha value is -1.96. The van der Waals surface area contributed by atoms with Crippen LogP contribution in [0.4, 0.5) is 0 Å². The quantitative estimate of drug-likeness (QED) is 0.645. The minimum absolute atomic E-state index is 0.135. The van der Waals surface area contributed by atoms with Crippen LogP contribution in [0.5, 0.6) is 0 Å². The molecule has 0 saturated carbocycles. The van der Waals surface area contributed by atoms with Crippen molar-refractivity contribution in [2.75, 3.05) is 0 Å². The summed E-state index contributed by atoms with van der Waals surface area (Å²) >= 11 is 0. The monoisotopic (exact) mass is 197 g/mol. The van der Waals surface area contributed by atoms with Crippen molar-refractivity contribution >= 4 is 0 Å². The first-order valence-electron chi connectivity index (χ1n) is 4.99. The molecular formula is C13H11NO. The van der Waals surface area contributed by atoms with E-state index in [1.807, 2.05) is 42.7 Å². The Labute approximate surface area is 88.5 Å². The number of fused-ring (bicyclic) bond motifs is 3. The van der Waals surface area contributed by atoms with Crippen molar-refractivity contribution < 1.29 is 5.11 Å². The molecule has 74 valence electrons.